The number of nitrogens with one attached hydrogen (secondary N) is 1. The van der Waals surface area contributed by atoms with E-state index in [2.05, 4.69) is 5.32 Å². The normalized spacial score (nSPS) is 19.8. The molecule has 0 bridgehead atoms. The summed E-state index contributed by atoms with van der Waals surface area (Å²) in [7, 11) is 0. The Labute approximate surface area is 132 Å². The van der Waals surface area contributed by atoms with Crippen LogP contribution < -0.4 is 5.32 Å². The second-order valence-corrected chi connectivity index (χ2v) is 6.70. The van der Waals surface area contributed by atoms with Crippen molar-refractivity contribution in [2.75, 3.05) is 18.4 Å². The van der Waals surface area contributed by atoms with E-state index in [9.17, 15) is 9.90 Å². The SMILES string of the molecule is CC(C)(C)OC(=O)N1CCC[C@@H]1C(O)CNc1ccccc1. The largest absolute Gasteiger partial charge is 0.444 e. The van der Waals surface area contributed by atoms with E-state index in [1.807, 2.05) is 51.1 Å². The second-order valence-electron chi connectivity index (χ2n) is 6.70. The minimum Gasteiger partial charge on any atom is -0.444 e. The van der Waals surface area contributed by atoms with Gasteiger partial charge >= 0.3 is 6.09 Å². The van der Waals surface area contributed by atoms with Gasteiger partial charge in [-0.05, 0) is 45.7 Å². The highest BCUT2D eigenvalue weighted by Crippen LogP contribution is 2.23. The third-order valence-electron chi connectivity index (χ3n) is 3.66. The molecule has 0 radical (unpaired) electrons. The summed E-state index contributed by atoms with van der Waals surface area (Å²) in [4.78, 5) is 13.9. The summed E-state index contributed by atoms with van der Waals surface area (Å²) in [5, 5.41) is 13.6. The van der Waals surface area contributed by atoms with Crippen molar-refractivity contribution in [2.45, 2.75) is 51.4 Å². The number of anilines is 1. The number of likely N-dealkylation sites (tertiary alicyclic amines) is 1. The van der Waals surface area contributed by atoms with Crippen LogP contribution in [0.5, 0.6) is 0 Å². The zero-order valence-corrected chi connectivity index (χ0v) is 13.6. The fraction of sp³-hybridized carbons (Fsp3) is 0.588. The van der Waals surface area contributed by atoms with Crippen molar-refractivity contribution in [2.24, 2.45) is 0 Å². The van der Waals surface area contributed by atoms with Crippen LogP contribution in [0.2, 0.25) is 0 Å². The highest BCUT2D eigenvalue weighted by molar-refractivity contribution is 5.69. The first-order valence-electron chi connectivity index (χ1n) is 7.83. The lowest BCUT2D eigenvalue weighted by atomic mass is 10.1. The molecule has 5 heteroatoms. The molecular weight excluding hydrogens is 280 g/mol. The van der Waals surface area contributed by atoms with Crippen molar-refractivity contribution >= 4 is 11.8 Å². The number of ether oxygens (including phenoxy) is 1. The lowest BCUT2D eigenvalue weighted by molar-refractivity contribution is 0.00727. The molecule has 5 nitrogen and oxygen atoms in total. The number of para-hydroxylation sites is 1. The molecule has 1 aliphatic rings. The zero-order valence-electron chi connectivity index (χ0n) is 13.6. The molecule has 2 N–H and O–H groups in total. The summed E-state index contributed by atoms with van der Waals surface area (Å²) in [6, 6.07) is 9.54. The first kappa shape index (κ1) is 16.6. The number of hydrogen-bond donors (Lipinski definition) is 2. The number of aliphatic hydroxyl groups excluding tert-OH is 1. The van der Waals surface area contributed by atoms with Crippen molar-refractivity contribution in [3.05, 3.63) is 30.3 Å². The van der Waals surface area contributed by atoms with Gasteiger partial charge in [-0.1, -0.05) is 18.2 Å². The fourth-order valence-electron chi connectivity index (χ4n) is 2.65. The summed E-state index contributed by atoms with van der Waals surface area (Å²) in [6.07, 6.45) is 0.743. The lowest BCUT2D eigenvalue weighted by Crippen LogP contribution is -2.47. The molecule has 2 atom stereocenters. The summed E-state index contributed by atoms with van der Waals surface area (Å²) < 4.78 is 5.42. The molecule has 122 valence electrons. The van der Waals surface area contributed by atoms with Gasteiger partial charge in [-0.2, -0.15) is 0 Å². The van der Waals surface area contributed by atoms with Crippen LogP contribution in [0.4, 0.5) is 10.5 Å². The molecule has 1 aliphatic heterocycles. The van der Waals surface area contributed by atoms with Gasteiger partial charge in [0.2, 0.25) is 0 Å². The Morgan fingerprint density at radius 1 is 1.41 bits per heavy atom. The van der Waals surface area contributed by atoms with Crippen LogP contribution in [0.15, 0.2) is 30.3 Å². The molecule has 1 aromatic carbocycles. The fourth-order valence-corrected chi connectivity index (χ4v) is 2.65. The standard InChI is InChI=1S/C17H26N2O3/c1-17(2,3)22-16(21)19-11-7-10-14(19)15(20)12-18-13-8-5-4-6-9-13/h4-6,8-9,14-15,18,20H,7,10-12H2,1-3H3/t14-,15?/m1/s1. The average Bonchev–Trinajstić information content (AvgIpc) is 2.93. The molecule has 1 aromatic rings. The Morgan fingerprint density at radius 2 is 2.09 bits per heavy atom. The number of hydrogen-bond acceptors (Lipinski definition) is 4. The smallest absolute Gasteiger partial charge is 0.410 e. The maximum Gasteiger partial charge on any atom is 0.410 e. The van der Waals surface area contributed by atoms with Crippen LogP contribution in [-0.2, 0) is 4.74 Å². The molecular formula is C17H26N2O3. The van der Waals surface area contributed by atoms with E-state index in [1.165, 1.54) is 0 Å². The second kappa shape index (κ2) is 7.01. The zero-order chi connectivity index (χ0) is 16.2. The molecule has 1 amide bonds. The van der Waals surface area contributed by atoms with Crippen LogP contribution >= 0.6 is 0 Å². The van der Waals surface area contributed by atoms with E-state index in [4.69, 9.17) is 4.74 Å². The topological polar surface area (TPSA) is 61.8 Å². The van der Waals surface area contributed by atoms with Gasteiger partial charge in [0.1, 0.15) is 5.60 Å². The molecule has 1 unspecified atom stereocenters. The first-order chi connectivity index (χ1) is 10.4. The van der Waals surface area contributed by atoms with E-state index >= 15 is 0 Å². The maximum atomic E-state index is 12.2. The van der Waals surface area contributed by atoms with Crippen LogP contribution in [0, 0.1) is 0 Å². The quantitative estimate of drug-likeness (QED) is 0.898. The number of carbonyl (C=O) groups excluding carboxylic acids is 1. The van der Waals surface area contributed by atoms with E-state index in [0.29, 0.717) is 13.1 Å². The van der Waals surface area contributed by atoms with E-state index < -0.39 is 11.7 Å². The summed E-state index contributed by atoms with van der Waals surface area (Å²) >= 11 is 0. The van der Waals surface area contributed by atoms with Gasteiger partial charge in [0, 0.05) is 18.8 Å². The highest BCUT2D eigenvalue weighted by atomic mass is 16.6. The first-order valence-corrected chi connectivity index (χ1v) is 7.83. The predicted octanol–water partition coefficient (Wildman–Crippen LogP) is 2.86. The molecule has 22 heavy (non-hydrogen) atoms. The molecule has 0 spiro atoms. The van der Waals surface area contributed by atoms with Gasteiger partial charge in [-0.25, -0.2) is 4.79 Å². The van der Waals surface area contributed by atoms with Crippen molar-refractivity contribution in [3.63, 3.8) is 0 Å². The van der Waals surface area contributed by atoms with E-state index in [0.717, 1.165) is 18.5 Å². The predicted molar refractivity (Wildman–Crippen MR) is 86.9 cm³/mol. The third-order valence-corrected chi connectivity index (χ3v) is 3.66. The Kier molecular flexibility index (Phi) is 5.29. The van der Waals surface area contributed by atoms with E-state index in [1.54, 1.807) is 4.90 Å². The molecule has 1 saturated heterocycles. The number of aliphatic hydroxyl groups is 1. The number of rotatable bonds is 4. The van der Waals surface area contributed by atoms with Crippen molar-refractivity contribution in [1.29, 1.82) is 0 Å². The monoisotopic (exact) mass is 306 g/mol. The van der Waals surface area contributed by atoms with Crippen LogP contribution in [-0.4, -0.2) is 46.9 Å². The molecule has 1 heterocycles. The summed E-state index contributed by atoms with van der Waals surface area (Å²) in [5.74, 6) is 0. The van der Waals surface area contributed by atoms with E-state index in [-0.39, 0.29) is 12.1 Å². The highest BCUT2D eigenvalue weighted by Gasteiger charge is 2.36. The molecule has 0 aromatic heterocycles. The number of nitrogens with zero attached hydrogens (tertiary/aromatic N) is 1. The Balaban J connectivity index is 1.90. The van der Waals surface area contributed by atoms with Crippen LogP contribution in [0.1, 0.15) is 33.6 Å². The van der Waals surface area contributed by atoms with Gasteiger partial charge in [-0.3, -0.25) is 0 Å². The minimum atomic E-state index is -0.616. The van der Waals surface area contributed by atoms with Gasteiger partial charge in [0.25, 0.3) is 0 Å². The maximum absolute atomic E-state index is 12.2. The number of amides is 1. The van der Waals surface area contributed by atoms with Crippen LogP contribution in [0.3, 0.4) is 0 Å². The Hall–Kier alpha value is -1.75. The molecule has 0 aliphatic carbocycles. The molecule has 2 rings (SSSR count). The van der Waals surface area contributed by atoms with Crippen molar-refractivity contribution < 1.29 is 14.6 Å². The number of carbonyl (C=O) groups is 1. The van der Waals surface area contributed by atoms with Gasteiger partial charge < -0.3 is 20.1 Å². The minimum absolute atomic E-state index is 0.189. The summed E-state index contributed by atoms with van der Waals surface area (Å²) in [5.41, 5.74) is 0.445. The van der Waals surface area contributed by atoms with Crippen LogP contribution in [0.25, 0.3) is 0 Å². The van der Waals surface area contributed by atoms with Crippen molar-refractivity contribution in [3.8, 4) is 0 Å². The lowest BCUT2D eigenvalue weighted by Gasteiger charge is -2.31. The Morgan fingerprint density at radius 3 is 2.73 bits per heavy atom. The average molecular weight is 306 g/mol. The van der Waals surface area contributed by atoms with Gasteiger partial charge in [0.15, 0.2) is 0 Å². The Bertz CT molecular complexity index is 484. The number of benzene rings is 1. The van der Waals surface area contributed by atoms with Crippen molar-refractivity contribution in [1.82, 2.24) is 4.90 Å². The molecule has 1 fully saturated rings. The van der Waals surface area contributed by atoms with Gasteiger partial charge in [0.05, 0.1) is 12.1 Å². The van der Waals surface area contributed by atoms with Gasteiger partial charge in [-0.15, -0.1) is 0 Å². The summed E-state index contributed by atoms with van der Waals surface area (Å²) in [6.45, 7) is 6.60. The third kappa shape index (κ3) is 4.63. The molecule has 0 saturated carbocycles.